The third-order valence-electron chi connectivity index (χ3n) is 4.33. The molecule has 0 aliphatic carbocycles. The van der Waals surface area contributed by atoms with E-state index < -0.39 is 0 Å². The number of allylic oxidation sites excluding steroid dienone is 1. The second kappa shape index (κ2) is 3.61. The van der Waals surface area contributed by atoms with E-state index in [0.717, 1.165) is 26.1 Å². The molecular weight excluding hydrogens is 210 g/mol. The molecule has 2 heteroatoms. The van der Waals surface area contributed by atoms with Crippen molar-refractivity contribution in [1.82, 2.24) is 0 Å². The molecule has 0 saturated carbocycles. The lowest BCUT2D eigenvalue weighted by molar-refractivity contribution is 0.0635. The number of hydrogen-bond donors (Lipinski definition) is 0. The molecule has 2 aliphatic rings. The van der Waals surface area contributed by atoms with Crippen molar-refractivity contribution >= 4 is 5.69 Å². The Labute approximate surface area is 103 Å². The molecule has 0 unspecified atom stereocenters. The minimum atomic E-state index is 0.135. The van der Waals surface area contributed by atoms with Crippen molar-refractivity contribution < 1.29 is 4.74 Å². The van der Waals surface area contributed by atoms with Crippen molar-refractivity contribution in [3.63, 3.8) is 0 Å². The number of benzene rings is 1. The van der Waals surface area contributed by atoms with Gasteiger partial charge in [-0.3, -0.25) is 0 Å². The lowest BCUT2D eigenvalue weighted by atomic mass is 9.74. The predicted molar refractivity (Wildman–Crippen MR) is 70.5 cm³/mol. The normalized spacial score (nSPS) is 22.0. The molecule has 0 N–H and O–H groups in total. The third kappa shape index (κ3) is 1.37. The maximum absolute atomic E-state index is 5.52. The number of nitrogens with zero attached hydrogens (tertiary/aromatic N) is 1. The van der Waals surface area contributed by atoms with E-state index in [0.29, 0.717) is 0 Å². The van der Waals surface area contributed by atoms with Crippen LogP contribution in [0.4, 0.5) is 5.69 Å². The summed E-state index contributed by atoms with van der Waals surface area (Å²) < 4.78 is 5.52. The number of anilines is 1. The van der Waals surface area contributed by atoms with Gasteiger partial charge in [-0.1, -0.05) is 18.7 Å². The maximum atomic E-state index is 5.52. The first-order valence-electron chi connectivity index (χ1n) is 6.27. The molecule has 2 aliphatic heterocycles. The molecule has 3 rings (SSSR count). The minimum absolute atomic E-state index is 0.135. The van der Waals surface area contributed by atoms with Gasteiger partial charge in [0.2, 0.25) is 0 Å². The average Bonchev–Trinajstić information content (AvgIpc) is 2.54. The molecule has 1 aromatic carbocycles. The molecule has 1 saturated heterocycles. The van der Waals surface area contributed by atoms with Crippen molar-refractivity contribution in [3.05, 3.63) is 41.6 Å². The van der Waals surface area contributed by atoms with Gasteiger partial charge < -0.3 is 9.64 Å². The number of fused-ring (bicyclic) bond motifs is 2. The molecule has 0 radical (unpaired) electrons. The molecule has 0 aromatic heterocycles. The van der Waals surface area contributed by atoms with E-state index in [2.05, 4.69) is 43.6 Å². The Morgan fingerprint density at radius 3 is 2.71 bits per heavy atom. The number of hydrogen-bond acceptors (Lipinski definition) is 2. The van der Waals surface area contributed by atoms with Gasteiger partial charge in [0.25, 0.3) is 0 Å². The first kappa shape index (κ1) is 10.8. The van der Waals surface area contributed by atoms with E-state index in [1.54, 1.807) is 0 Å². The molecule has 0 atom stereocenters. The summed E-state index contributed by atoms with van der Waals surface area (Å²) in [7, 11) is 2.13. The van der Waals surface area contributed by atoms with Gasteiger partial charge in [0.05, 0.1) is 0 Å². The number of aryl methyl sites for hydroxylation is 1. The fraction of sp³-hybridized carbons (Fsp3) is 0.467. The quantitative estimate of drug-likeness (QED) is 0.678. The molecule has 17 heavy (non-hydrogen) atoms. The van der Waals surface area contributed by atoms with Gasteiger partial charge in [-0.15, -0.1) is 0 Å². The Morgan fingerprint density at radius 2 is 2.00 bits per heavy atom. The van der Waals surface area contributed by atoms with Crippen LogP contribution < -0.4 is 4.90 Å². The summed E-state index contributed by atoms with van der Waals surface area (Å²) in [6.07, 6.45) is 2.12. The molecule has 0 bridgehead atoms. The number of likely N-dealkylation sites (N-methyl/N-ethyl adjacent to an activating group) is 1. The Morgan fingerprint density at radius 1 is 1.29 bits per heavy atom. The highest BCUT2D eigenvalue weighted by molar-refractivity contribution is 5.70. The summed E-state index contributed by atoms with van der Waals surface area (Å²) in [5.74, 6) is 0. The first-order valence-corrected chi connectivity index (χ1v) is 6.27. The van der Waals surface area contributed by atoms with E-state index >= 15 is 0 Å². The second-order valence-electron chi connectivity index (χ2n) is 5.22. The van der Waals surface area contributed by atoms with Crippen LogP contribution >= 0.6 is 0 Å². The van der Waals surface area contributed by atoms with Crippen LogP contribution in [-0.4, -0.2) is 20.3 Å². The highest BCUT2D eigenvalue weighted by Gasteiger charge is 2.45. The SMILES string of the molecule is C=C1N(C)c2cc(C)ccc2C12CCOCC2. The Hall–Kier alpha value is -1.28. The minimum Gasteiger partial charge on any atom is -0.381 e. The Bertz CT molecular complexity index is 472. The molecule has 2 nitrogen and oxygen atoms in total. The maximum Gasteiger partial charge on any atom is 0.0478 e. The van der Waals surface area contributed by atoms with Crippen LogP contribution in [0.1, 0.15) is 24.0 Å². The van der Waals surface area contributed by atoms with E-state index in [1.165, 1.54) is 22.5 Å². The van der Waals surface area contributed by atoms with Gasteiger partial charge in [-0.05, 0) is 37.0 Å². The van der Waals surface area contributed by atoms with Gasteiger partial charge in [-0.25, -0.2) is 0 Å². The lowest BCUT2D eigenvalue weighted by Crippen LogP contribution is -2.35. The molecule has 1 aromatic rings. The molecule has 1 fully saturated rings. The van der Waals surface area contributed by atoms with Gasteiger partial charge in [0.15, 0.2) is 0 Å². The predicted octanol–water partition coefficient (Wildman–Crippen LogP) is 3.01. The average molecular weight is 229 g/mol. The zero-order valence-corrected chi connectivity index (χ0v) is 10.6. The van der Waals surface area contributed by atoms with E-state index in [4.69, 9.17) is 4.74 Å². The lowest BCUT2D eigenvalue weighted by Gasteiger charge is -2.35. The van der Waals surface area contributed by atoms with Gasteiger partial charge in [0, 0.05) is 37.1 Å². The van der Waals surface area contributed by atoms with Crippen LogP contribution in [0.3, 0.4) is 0 Å². The molecular formula is C15H19NO. The van der Waals surface area contributed by atoms with Gasteiger partial charge >= 0.3 is 0 Å². The van der Waals surface area contributed by atoms with Crippen molar-refractivity contribution in [3.8, 4) is 0 Å². The standard InChI is InChI=1S/C15H19NO/c1-11-4-5-13-14(10-11)16(3)12(2)15(13)6-8-17-9-7-15/h4-5,10H,2,6-9H2,1,3H3. The second-order valence-corrected chi connectivity index (χ2v) is 5.22. The van der Waals surface area contributed by atoms with Crippen molar-refractivity contribution in [2.75, 3.05) is 25.2 Å². The zero-order valence-electron chi connectivity index (χ0n) is 10.6. The topological polar surface area (TPSA) is 12.5 Å². The van der Waals surface area contributed by atoms with Crippen LogP contribution in [0.15, 0.2) is 30.5 Å². The Kier molecular flexibility index (Phi) is 2.30. The summed E-state index contributed by atoms with van der Waals surface area (Å²) in [6, 6.07) is 6.76. The van der Waals surface area contributed by atoms with Crippen LogP contribution in [0.2, 0.25) is 0 Å². The molecule has 1 spiro atoms. The van der Waals surface area contributed by atoms with E-state index in [1.807, 2.05) is 0 Å². The molecule has 90 valence electrons. The van der Waals surface area contributed by atoms with Crippen molar-refractivity contribution in [2.45, 2.75) is 25.2 Å². The summed E-state index contributed by atoms with van der Waals surface area (Å²) in [5, 5.41) is 0. The Balaban J connectivity index is 2.16. The van der Waals surface area contributed by atoms with E-state index in [9.17, 15) is 0 Å². The zero-order chi connectivity index (χ0) is 12.0. The van der Waals surface area contributed by atoms with Gasteiger partial charge in [-0.2, -0.15) is 0 Å². The number of ether oxygens (including phenoxy) is 1. The van der Waals surface area contributed by atoms with Crippen LogP contribution in [0.5, 0.6) is 0 Å². The fourth-order valence-electron chi connectivity index (χ4n) is 3.22. The fourth-order valence-corrected chi connectivity index (χ4v) is 3.22. The van der Waals surface area contributed by atoms with Crippen molar-refractivity contribution in [2.24, 2.45) is 0 Å². The summed E-state index contributed by atoms with van der Waals surface area (Å²) in [5.41, 5.74) is 5.46. The molecule has 2 heterocycles. The number of rotatable bonds is 0. The largest absolute Gasteiger partial charge is 0.381 e. The highest BCUT2D eigenvalue weighted by atomic mass is 16.5. The summed E-state index contributed by atoms with van der Waals surface area (Å²) in [4.78, 5) is 2.26. The summed E-state index contributed by atoms with van der Waals surface area (Å²) >= 11 is 0. The first-order chi connectivity index (χ1) is 8.15. The van der Waals surface area contributed by atoms with Crippen molar-refractivity contribution in [1.29, 1.82) is 0 Å². The van der Waals surface area contributed by atoms with Gasteiger partial charge in [0.1, 0.15) is 0 Å². The smallest absolute Gasteiger partial charge is 0.0478 e. The highest BCUT2D eigenvalue weighted by Crippen LogP contribution is 2.51. The van der Waals surface area contributed by atoms with E-state index in [-0.39, 0.29) is 5.41 Å². The van der Waals surface area contributed by atoms with Crippen LogP contribution in [-0.2, 0) is 10.2 Å². The van der Waals surface area contributed by atoms with Crippen LogP contribution in [0.25, 0.3) is 0 Å². The monoisotopic (exact) mass is 229 g/mol. The van der Waals surface area contributed by atoms with Crippen LogP contribution in [0, 0.1) is 6.92 Å². The summed E-state index contributed by atoms with van der Waals surface area (Å²) in [6.45, 7) is 8.17. The molecule has 0 amide bonds. The third-order valence-corrected chi connectivity index (χ3v) is 4.33.